The first-order valence-electron chi connectivity index (χ1n) is 10.8. The van der Waals surface area contributed by atoms with E-state index in [9.17, 15) is 9.59 Å². The number of anilines is 2. The zero-order chi connectivity index (χ0) is 22.3. The lowest BCUT2D eigenvalue weighted by molar-refractivity contribution is 0.0951. The highest BCUT2D eigenvalue weighted by molar-refractivity contribution is 6.03. The number of carbonyl (C=O) groups is 2. The molecule has 2 N–H and O–H groups in total. The molecule has 1 heterocycles. The molecular formula is C26H27N3O3. The van der Waals surface area contributed by atoms with Gasteiger partial charge >= 0.3 is 6.03 Å². The maximum Gasteiger partial charge on any atom is 0.326 e. The Morgan fingerprint density at radius 1 is 0.969 bits per heavy atom. The Morgan fingerprint density at radius 2 is 1.81 bits per heavy atom. The third-order valence-corrected chi connectivity index (χ3v) is 5.57. The lowest BCUT2D eigenvalue weighted by atomic mass is 10.1. The maximum atomic E-state index is 13.0. The summed E-state index contributed by atoms with van der Waals surface area (Å²) in [6.07, 6.45) is 2.99. The van der Waals surface area contributed by atoms with Crippen LogP contribution in [0.5, 0.6) is 5.75 Å². The Bertz CT molecular complexity index is 1110. The van der Waals surface area contributed by atoms with E-state index < -0.39 is 0 Å². The average Bonchev–Trinajstić information content (AvgIpc) is 3.05. The molecule has 164 valence electrons. The number of aryl methyl sites for hydroxylation is 1. The highest BCUT2D eigenvalue weighted by atomic mass is 16.5. The van der Waals surface area contributed by atoms with Crippen LogP contribution >= 0.6 is 0 Å². The van der Waals surface area contributed by atoms with Crippen molar-refractivity contribution in [3.63, 3.8) is 0 Å². The van der Waals surface area contributed by atoms with Crippen LogP contribution in [-0.2, 0) is 13.0 Å². The van der Waals surface area contributed by atoms with Crippen LogP contribution in [0.3, 0.4) is 0 Å². The molecule has 6 nitrogen and oxygen atoms in total. The Hall–Kier alpha value is -3.80. The molecule has 0 spiro atoms. The summed E-state index contributed by atoms with van der Waals surface area (Å²) in [6.45, 7) is 1.06. The van der Waals surface area contributed by atoms with Crippen molar-refractivity contribution in [2.24, 2.45) is 0 Å². The van der Waals surface area contributed by atoms with Crippen LogP contribution in [0.1, 0.15) is 34.3 Å². The second kappa shape index (κ2) is 10.0. The van der Waals surface area contributed by atoms with E-state index in [0.29, 0.717) is 24.3 Å². The van der Waals surface area contributed by atoms with Crippen LogP contribution in [0, 0.1) is 0 Å². The molecule has 4 rings (SSSR count). The molecule has 3 aromatic rings. The standard InChI is InChI=1S/C26H27N3O3/c1-32-23-13-6-8-19(16-23)18-27-25(30)21-11-7-12-22(17-21)28-26(31)29-15-5-4-10-20-9-2-3-14-24(20)29/h2-3,6-9,11-14,16-17H,4-5,10,15,18H2,1H3,(H,27,30)(H,28,31). The largest absolute Gasteiger partial charge is 0.497 e. The number of urea groups is 1. The Labute approximate surface area is 188 Å². The van der Waals surface area contributed by atoms with Crippen LogP contribution in [0.25, 0.3) is 0 Å². The molecule has 0 unspecified atom stereocenters. The highest BCUT2D eigenvalue weighted by Gasteiger charge is 2.21. The molecule has 0 bridgehead atoms. The van der Waals surface area contributed by atoms with Crippen LogP contribution < -0.4 is 20.3 Å². The first kappa shape index (κ1) is 21.4. The van der Waals surface area contributed by atoms with E-state index in [1.807, 2.05) is 42.5 Å². The predicted molar refractivity (Wildman–Crippen MR) is 126 cm³/mol. The van der Waals surface area contributed by atoms with Gasteiger partial charge in [-0.05, 0) is 66.8 Å². The first-order valence-corrected chi connectivity index (χ1v) is 10.8. The van der Waals surface area contributed by atoms with Crippen LogP contribution in [-0.4, -0.2) is 25.6 Å². The molecule has 6 heteroatoms. The van der Waals surface area contributed by atoms with Gasteiger partial charge in [0.1, 0.15) is 5.75 Å². The van der Waals surface area contributed by atoms with Crippen molar-refractivity contribution in [2.75, 3.05) is 23.9 Å². The number of nitrogens with one attached hydrogen (secondary N) is 2. The second-order valence-corrected chi connectivity index (χ2v) is 7.78. The van der Waals surface area contributed by atoms with Gasteiger partial charge in [-0.2, -0.15) is 0 Å². The van der Waals surface area contributed by atoms with Crippen molar-refractivity contribution in [1.29, 1.82) is 0 Å². The number of nitrogens with zero attached hydrogens (tertiary/aromatic N) is 1. The van der Waals surface area contributed by atoms with Gasteiger partial charge in [0.25, 0.3) is 5.91 Å². The molecular weight excluding hydrogens is 402 g/mol. The topological polar surface area (TPSA) is 70.7 Å². The first-order chi connectivity index (χ1) is 15.6. The van der Waals surface area contributed by atoms with Gasteiger partial charge < -0.3 is 15.4 Å². The fraction of sp³-hybridized carbons (Fsp3) is 0.231. The van der Waals surface area contributed by atoms with Gasteiger partial charge in [-0.25, -0.2) is 4.79 Å². The molecule has 1 aliphatic rings. The smallest absolute Gasteiger partial charge is 0.326 e. The van der Waals surface area contributed by atoms with Gasteiger partial charge in [-0.15, -0.1) is 0 Å². The van der Waals surface area contributed by atoms with E-state index in [1.165, 1.54) is 5.56 Å². The van der Waals surface area contributed by atoms with Crippen LogP contribution in [0.15, 0.2) is 72.8 Å². The summed E-state index contributed by atoms with van der Waals surface area (Å²) >= 11 is 0. The number of hydrogen-bond acceptors (Lipinski definition) is 3. The van der Waals surface area contributed by atoms with Gasteiger partial charge in [0.05, 0.1) is 7.11 Å². The number of carbonyl (C=O) groups excluding carboxylic acids is 2. The fourth-order valence-corrected chi connectivity index (χ4v) is 3.90. The summed E-state index contributed by atoms with van der Waals surface area (Å²) in [5.74, 6) is 0.542. The molecule has 0 fully saturated rings. The van der Waals surface area contributed by atoms with E-state index in [4.69, 9.17) is 4.74 Å². The Balaban J connectivity index is 1.42. The molecule has 0 saturated heterocycles. The SMILES string of the molecule is COc1cccc(CNC(=O)c2cccc(NC(=O)N3CCCCc4ccccc43)c2)c1. The number of amides is 3. The van der Waals surface area contributed by atoms with E-state index in [1.54, 1.807) is 36.3 Å². The molecule has 1 aliphatic heterocycles. The number of ether oxygens (including phenoxy) is 1. The second-order valence-electron chi connectivity index (χ2n) is 7.78. The number of rotatable bonds is 5. The molecule has 0 aliphatic carbocycles. The molecule has 32 heavy (non-hydrogen) atoms. The quantitative estimate of drug-likeness (QED) is 0.600. The number of hydrogen-bond donors (Lipinski definition) is 2. The number of para-hydroxylation sites is 1. The lowest BCUT2D eigenvalue weighted by Gasteiger charge is -2.23. The Morgan fingerprint density at radius 3 is 2.69 bits per heavy atom. The van der Waals surface area contributed by atoms with Crippen LogP contribution in [0.4, 0.5) is 16.2 Å². The van der Waals surface area contributed by atoms with Gasteiger partial charge in [-0.3, -0.25) is 9.69 Å². The molecule has 0 atom stereocenters. The maximum absolute atomic E-state index is 13.0. The van der Waals surface area contributed by atoms with Crippen molar-refractivity contribution < 1.29 is 14.3 Å². The summed E-state index contributed by atoms with van der Waals surface area (Å²) < 4.78 is 5.22. The van der Waals surface area contributed by atoms with Crippen molar-refractivity contribution >= 4 is 23.3 Å². The van der Waals surface area contributed by atoms with E-state index in [0.717, 1.165) is 36.3 Å². The molecule has 3 aromatic carbocycles. The van der Waals surface area contributed by atoms with Crippen molar-refractivity contribution in [1.82, 2.24) is 5.32 Å². The zero-order valence-corrected chi connectivity index (χ0v) is 18.1. The number of fused-ring (bicyclic) bond motifs is 1. The van der Waals surface area contributed by atoms with Gasteiger partial charge in [0, 0.05) is 30.0 Å². The summed E-state index contributed by atoms with van der Waals surface area (Å²) in [7, 11) is 1.61. The lowest BCUT2D eigenvalue weighted by Crippen LogP contribution is -2.35. The van der Waals surface area contributed by atoms with E-state index >= 15 is 0 Å². The van der Waals surface area contributed by atoms with Gasteiger partial charge in [0.15, 0.2) is 0 Å². The van der Waals surface area contributed by atoms with Crippen molar-refractivity contribution in [3.05, 3.63) is 89.5 Å². The monoisotopic (exact) mass is 429 g/mol. The summed E-state index contributed by atoms with van der Waals surface area (Å²) in [5, 5.41) is 5.87. The third-order valence-electron chi connectivity index (χ3n) is 5.57. The van der Waals surface area contributed by atoms with Gasteiger partial charge in [0.2, 0.25) is 0 Å². The summed E-state index contributed by atoms with van der Waals surface area (Å²) in [6, 6.07) is 22.4. The van der Waals surface area contributed by atoms with E-state index in [2.05, 4.69) is 16.7 Å². The minimum absolute atomic E-state index is 0.187. The molecule has 0 aromatic heterocycles. The van der Waals surface area contributed by atoms with Crippen LogP contribution in [0.2, 0.25) is 0 Å². The zero-order valence-electron chi connectivity index (χ0n) is 18.1. The molecule has 0 saturated carbocycles. The number of benzene rings is 3. The average molecular weight is 430 g/mol. The minimum atomic E-state index is -0.205. The summed E-state index contributed by atoms with van der Waals surface area (Å²) in [4.78, 5) is 27.5. The van der Waals surface area contributed by atoms with Crippen molar-refractivity contribution in [2.45, 2.75) is 25.8 Å². The third kappa shape index (κ3) is 5.09. The molecule has 0 radical (unpaired) electrons. The fourth-order valence-electron chi connectivity index (χ4n) is 3.90. The minimum Gasteiger partial charge on any atom is -0.497 e. The number of methoxy groups -OCH3 is 1. The highest BCUT2D eigenvalue weighted by Crippen LogP contribution is 2.27. The van der Waals surface area contributed by atoms with Crippen molar-refractivity contribution in [3.8, 4) is 5.75 Å². The van der Waals surface area contributed by atoms with Gasteiger partial charge in [-0.1, -0.05) is 36.4 Å². The predicted octanol–water partition coefficient (Wildman–Crippen LogP) is 5.00. The summed E-state index contributed by atoms with van der Waals surface area (Å²) in [5.41, 5.74) is 4.16. The normalized spacial score (nSPS) is 13.0. The molecule has 3 amide bonds. The Kier molecular flexibility index (Phi) is 6.70. The van der Waals surface area contributed by atoms with E-state index in [-0.39, 0.29) is 11.9 Å².